The van der Waals surface area contributed by atoms with Crippen molar-refractivity contribution in [3.8, 4) is 0 Å². The molecule has 1 aromatic carbocycles. The maximum atomic E-state index is 12.0. The van der Waals surface area contributed by atoms with Crippen molar-refractivity contribution in [2.75, 3.05) is 26.2 Å². The van der Waals surface area contributed by atoms with Crippen LogP contribution in [0.3, 0.4) is 0 Å². The molecule has 0 spiro atoms. The second-order valence-electron chi connectivity index (χ2n) is 6.91. The molecule has 1 fully saturated rings. The Labute approximate surface area is 157 Å². The summed E-state index contributed by atoms with van der Waals surface area (Å²) < 4.78 is 5.43. The van der Waals surface area contributed by atoms with Gasteiger partial charge in [0.1, 0.15) is 5.58 Å². The SMILES string of the molecule is CCc1ccc2c(CN3CCN(Cc4cccs4)CC3)cc(=O)oc2c1. The predicted octanol–water partition coefficient (Wildman–Crippen LogP) is 3.73. The van der Waals surface area contributed by atoms with Crippen molar-refractivity contribution in [2.45, 2.75) is 26.4 Å². The molecule has 0 radical (unpaired) electrons. The van der Waals surface area contributed by atoms with Crippen LogP contribution in [0.2, 0.25) is 0 Å². The van der Waals surface area contributed by atoms with Crippen LogP contribution in [0.4, 0.5) is 0 Å². The lowest BCUT2D eigenvalue weighted by atomic mass is 10.1. The second-order valence-corrected chi connectivity index (χ2v) is 7.94. The molecule has 4 nitrogen and oxygen atoms in total. The van der Waals surface area contributed by atoms with Crippen LogP contribution in [0.5, 0.6) is 0 Å². The molecule has 0 atom stereocenters. The van der Waals surface area contributed by atoms with Gasteiger partial charge in [0, 0.05) is 55.6 Å². The largest absolute Gasteiger partial charge is 0.423 e. The number of hydrogen-bond donors (Lipinski definition) is 0. The van der Waals surface area contributed by atoms with Crippen molar-refractivity contribution in [2.24, 2.45) is 0 Å². The van der Waals surface area contributed by atoms with Crippen LogP contribution in [0.1, 0.15) is 22.9 Å². The number of thiophene rings is 1. The lowest BCUT2D eigenvalue weighted by Crippen LogP contribution is -2.45. The summed E-state index contributed by atoms with van der Waals surface area (Å²) in [5.74, 6) is 0. The fourth-order valence-electron chi connectivity index (χ4n) is 3.59. The molecule has 136 valence electrons. The Morgan fingerprint density at radius 3 is 2.50 bits per heavy atom. The average molecular weight is 369 g/mol. The number of hydrogen-bond acceptors (Lipinski definition) is 5. The number of fused-ring (bicyclic) bond motifs is 1. The van der Waals surface area contributed by atoms with Crippen molar-refractivity contribution in [1.82, 2.24) is 9.80 Å². The molecule has 0 bridgehead atoms. The van der Waals surface area contributed by atoms with Crippen molar-refractivity contribution in [3.05, 3.63) is 68.2 Å². The van der Waals surface area contributed by atoms with E-state index in [0.29, 0.717) is 5.58 Å². The van der Waals surface area contributed by atoms with Crippen LogP contribution in [0.15, 0.2) is 51.0 Å². The van der Waals surface area contributed by atoms with Gasteiger partial charge in [-0.05, 0) is 35.1 Å². The zero-order valence-corrected chi connectivity index (χ0v) is 15.9. The van der Waals surface area contributed by atoms with Crippen LogP contribution in [0.25, 0.3) is 11.0 Å². The Bertz CT molecular complexity index is 925. The molecule has 4 rings (SSSR count). The monoisotopic (exact) mass is 368 g/mol. The van der Waals surface area contributed by atoms with E-state index in [-0.39, 0.29) is 5.63 Å². The summed E-state index contributed by atoms with van der Waals surface area (Å²) >= 11 is 1.83. The van der Waals surface area contributed by atoms with Gasteiger partial charge in [-0.15, -0.1) is 11.3 Å². The summed E-state index contributed by atoms with van der Waals surface area (Å²) in [4.78, 5) is 18.4. The third kappa shape index (κ3) is 3.90. The molecule has 26 heavy (non-hydrogen) atoms. The lowest BCUT2D eigenvalue weighted by Gasteiger charge is -2.34. The first-order valence-corrected chi connectivity index (χ1v) is 10.1. The first-order chi connectivity index (χ1) is 12.7. The topological polar surface area (TPSA) is 36.7 Å². The molecule has 2 aromatic heterocycles. The number of piperazine rings is 1. The minimum absolute atomic E-state index is 0.253. The smallest absolute Gasteiger partial charge is 0.336 e. The molecule has 3 heterocycles. The van der Waals surface area contributed by atoms with Crippen LogP contribution >= 0.6 is 11.3 Å². The number of aryl methyl sites for hydroxylation is 1. The van der Waals surface area contributed by atoms with E-state index in [9.17, 15) is 4.79 Å². The highest BCUT2D eigenvalue weighted by Gasteiger charge is 2.18. The standard InChI is InChI=1S/C21H24N2O2S/c1-2-16-5-6-19-17(13-21(24)25-20(19)12-16)14-22-7-9-23(10-8-22)15-18-4-3-11-26-18/h3-6,11-13H,2,7-10,14-15H2,1H3. The Morgan fingerprint density at radius 1 is 1.04 bits per heavy atom. The highest BCUT2D eigenvalue weighted by molar-refractivity contribution is 7.09. The molecule has 0 N–H and O–H groups in total. The molecule has 3 aromatic rings. The molecule has 0 unspecified atom stereocenters. The van der Waals surface area contributed by atoms with E-state index in [1.165, 1.54) is 10.4 Å². The highest BCUT2D eigenvalue weighted by Crippen LogP contribution is 2.21. The highest BCUT2D eigenvalue weighted by atomic mass is 32.1. The quantitative estimate of drug-likeness (QED) is 0.643. The van der Waals surface area contributed by atoms with Gasteiger partial charge in [0.2, 0.25) is 0 Å². The lowest BCUT2D eigenvalue weighted by molar-refractivity contribution is 0.123. The van der Waals surface area contributed by atoms with Gasteiger partial charge in [0.15, 0.2) is 0 Å². The van der Waals surface area contributed by atoms with E-state index in [1.807, 2.05) is 17.4 Å². The minimum Gasteiger partial charge on any atom is -0.423 e. The average Bonchev–Trinajstić information content (AvgIpc) is 3.15. The summed E-state index contributed by atoms with van der Waals surface area (Å²) in [5, 5.41) is 3.20. The maximum Gasteiger partial charge on any atom is 0.336 e. The minimum atomic E-state index is -0.253. The van der Waals surface area contributed by atoms with Gasteiger partial charge in [0.05, 0.1) is 0 Å². The van der Waals surface area contributed by atoms with E-state index in [4.69, 9.17) is 4.42 Å². The maximum absolute atomic E-state index is 12.0. The number of nitrogens with zero attached hydrogens (tertiary/aromatic N) is 2. The van der Waals surface area contributed by atoms with Gasteiger partial charge < -0.3 is 4.42 Å². The summed E-state index contributed by atoms with van der Waals surface area (Å²) in [5.41, 5.74) is 2.73. The zero-order valence-electron chi connectivity index (χ0n) is 15.1. The van der Waals surface area contributed by atoms with Crippen LogP contribution in [0, 0.1) is 0 Å². The van der Waals surface area contributed by atoms with Crippen molar-refractivity contribution in [1.29, 1.82) is 0 Å². The summed E-state index contributed by atoms with van der Waals surface area (Å²) in [7, 11) is 0. The molecular formula is C21H24N2O2S. The fourth-order valence-corrected chi connectivity index (χ4v) is 4.34. The molecule has 0 amide bonds. The van der Waals surface area contributed by atoms with E-state index >= 15 is 0 Å². The zero-order chi connectivity index (χ0) is 17.9. The first-order valence-electron chi connectivity index (χ1n) is 9.24. The molecule has 5 heteroatoms. The van der Waals surface area contributed by atoms with Gasteiger partial charge in [-0.1, -0.05) is 25.1 Å². The van der Waals surface area contributed by atoms with E-state index < -0.39 is 0 Å². The van der Waals surface area contributed by atoms with Gasteiger partial charge >= 0.3 is 5.63 Å². The van der Waals surface area contributed by atoms with Crippen molar-refractivity contribution >= 4 is 22.3 Å². The van der Waals surface area contributed by atoms with E-state index in [0.717, 1.165) is 56.6 Å². The van der Waals surface area contributed by atoms with E-state index in [2.05, 4.69) is 46.4 Å². The number of rotatable bonds is 5. The molecule has 1 saturated heterocycles. The predicted molar refractivity (Wildman–Crippen MR) is 107 cm³/mol. The summed E-state index contributed by atoms with van der Waals surface area (Å²) in [6, 6.07) is 12.2. The Morgan fingerprint density at radius 2 is 1.81 bits per heavy atom. The van der Waals surface area contributed by atoms with Crippen LogP contribution in [-0.4, -0.2) is 36.0 Å². The van der Waals surface area contributed by atoms with Gasteiger partial charge in [0.25, 0.3) is 0 Å². The Balaban J connectivity index is 1.45. The van der Waals surface area contributed by atoms with Gasteiger partial charge in [-0.3, -0.25) is 9.80 Å². The van der Waals surface area contributed by atoms with E-state index in [1.54, 1.807) is 6.07 Å². The molecule has 0 aliphatic carbocycles. The molecular weight excluding hydrogens is 344 g/mol. The van der Waals surface area contributed by atoms with Gasteiger partial charge in [-0.2, -0.15) is 0 Å². The van der Waals surface area contributed by atoms with Crippen molar-refractivity contribution in [3.63, 3.8) is 0 Å². The molecule has 1 aliphatic heterocycles. The third-order valence-corrected chi connectivity index (χ3v) is 5.98. The summed E-state index contributed by atoms with van der Waals surface area (Å²) in [6.45, 7) is 8.15. The number of benzene rings is 1. The fraction of sp³-hybridized carbons (Fsp3) is 0.381. The van der Waals surface area contributed by atoms with Crippen LogP contribution < -0.4 is 5.63 Å². The summed E-state index contributed by atoms with van der Waals surface area (Å²) in [6.07, 6.45) is 0.941. The van der Waals surface area contributed by atoms with Crippen LogP contribution in [-0.2, 0) is 19.5 Å². The molecule has 1 aliphatic rings. The van der Waals surface area contributed by atoms with Crippen molar-refractivity contribution < 1.29 is 4.42 Å². The van der Waals surface area contributed by atoms with Gasteiger partial charge in [-0.25, -0.2) is 4.79 Å². The molecule has 0 saturated carbocycles. The third-order valence-electron chi connectivity index (χ3n) is 5.12. The normalized spacial score (nSPS) is 16.3. The Kier molecular flexibility index (Phi) is 5.20. The Hall–Kier alpha value is -1.95. The second kappa shape index (κ2) is 7.74. The first kappa shape index (κ1) is 17.5.